The fraction of sp³-hybridized carbons (Fsp3) is 0.261. The molecule has 3 aromatic rings. The van der Waals surface area contributed by atoms with Gasteiger partial charge in [0.2, 0.25) is 5.95 Å². The first kappa shape index (κ1) is 27.1. The molecule has 0 saturated carbocycles. The van der Waals surface area contributed by atoms with Crippen molar-refractivity contribution in [1.29, 1.82) is 5.41 Å². The van der Waals surface area contributed by atoms with Gasteiger partial charge in [-0.1, -0.05) is 18.2 Å². The number of nitrogens with one attached hydrogen (secondary N) is 3. The normalized spacial score (nSPS) is 13.5. The monoisotopic (exact) mass is 703 g/mol. The van der Waals surface area contributed by atoms with Crippen LogP contribution in [0.1, 0.15) is 36.6 Å². The maximum Gasteiger partial charge on any atom is 0.374 e. The third-order valence-electron chi connectivity index (χ3n) is 5.03. The van der Waals surface area contributed by atoms with Crippen molar-refractivity contribution in [2.75, 3.05) is 22.6 Å². The molecule has 0 aliphatic rings. The second-order valence-corrected chi connectivity index (χ2v) is 13.2. The van der Waals surface area contributed by atoms with Gasteiger partial charge in [0.05, 0.1) is 5.71 Å². The first-order valence-electron chi connectivity index (χ1n) is 10.6. The summed E-state index contributed by atoms with van der Waals surface area (Å²) < 4.78 is 13.2. The molecule has 0 saturated heterocycles. The molecule has 184 valence electrons. The number of hydrogen-bond donors (Lipinski definition) is 4. The van der Waals surface area contributed by atoms with Crippen molar-refractivity contribution in [2.45, 2.75) is 28.1 Å². The zero-order chi connectivity index (χ0) is 25.8. The highest BCUT2D eigenvalue weighted by Crippen LogP contribution is 2.31. The van der Waals surface area contributed by atoms with Crippen LogP contribution in [-0.4, -0.2) is 33.6 Å². The number of rotatable bonds is 9. The molecular weight excluding hydrogens is 677 g/mol. The van der Waals surface area contributed by atoms with Gasteiger partial charge in [-0.2, -0.15) is 9.37 Å². The Kier molecular flexibility index (Phi) is 8.93. The van der Waals surface area contributed by atoms with Crippen LogP contribution in [0.2, 0.25) is 0 Å². The van der Waals surface area contributed by atoms with Gasteiger partial charge >= 0.3 is 24.3 Å². The lowest BCUT2D eigenvalue weighted by atomic mass is 10.1. The Bertz CT molecular complexity index is 1230. The fourth-order valence-corrected chi connectivity index (χ4v) is 4.04. The van der Waals surface area contributed by atoms with Gasteiger partial charge in [-0.05, 0) is 37.6 Å². The second kappa shape index (κ2) is 11.5. The quantitative estimate of drug-likeness (QED) is 0.149. The lowest BCUT2D eigenvalue weighted by Gasteiger charge is -2.20. The van der Waals surface area contributed by atoms with Crippen molar-refractivity contribution in [2.24, 2.45) is 5.73 Å². The van der Waals surface area contributed by atoms with Gasteiger partial charge in [0.15, 0.2) is 0 Å². The van der Waals surface area contributed by atoms with Gasteiger partial charge < -0.3 is 16.4 Å². The van der Waals surface area contributed by atoms with Crippen LogP contribution in [0.5, 0.6) is 0 Å². The minimum atomic E-state index is -1.72. The molecule has 0 radical (unpaired) electrons. The molecule has 12 heteroatoms. The number of alkyl halides is 3. The lowest BCUT2D eigenvalue weighted by Crippen LogP contribution is -3.40. The van der Waals surface area contributed by atoms with Crippen LogP contribution in [0.15, 0.2) is 48.8 Å². The number of amides is 1. The van der Waals surface area contributed by atoms with Gasteiger partial charge in [0.1, 0.15) is 17.2 Å². The number of anilines is 4. The van der Waals surface area contributed by atoms with Crippen molar-refractivity contribution in [3.8, 4) is 0 Å². The van der Waals surface area contributed by atoms with Crippen molar-refractivity contribution in [3.63, 3.8) is 0 Å². The van der Waals surface area contributed by atoms with E-state index in [0.717, 1.165) is 11.3 Å². The molecule has 9 nitrogen and oxygen atoms in total. The molecule has 2 heterocycles. The number of nitrogens with two attached hydrogens (primary N) is 1. The molecule has 0 fully saturated rings. The van der Waals surface area contributed by atoms with Crippen molar-refractivity contribution in [3.05, 3.63) is 65.5 Å². The molecule has 3 rings (SSSR count). The van der Waals surface area contributed by atoms with Crippen molar-refractivity contribution < 1.29 is 31.8 Å². The molecule has 0 bridgehead atoms. The third-order valence-corrected chi connectivity index (χ3v) is 6.24. The number of aromatic nitrogens is 3. The molecule has 2 atom stereocenters. The first-order valence-corrected chi connectivity index (χ1v) is 12.8. The number of carbonyl (C=O) groups is 1. The van der Waals surface area contributed by atoms with Gasteiger partial charge in [0.25, 0.3) is 5.91 Å². The van der Waals surface area contributed by atoms with Crippen LogP contribution in [0.3, 0.4) is 0 Å². The van der Waals surface area contributed by atoms with E-state index in [1.54, 1.807) is 48.0 Å². The van der Waals surface area contributed by atoms with E-state index in [9.17, 15) is 9.18 Å². The summed E-state index contributed by atoms with van der Waals surface area (Å²) >= 11 is 3.03. The Labute approximate surface area is 230 Å². The van der Waals surface area contributed by atoms with Gasteiger partial charge in [-0.3, -0.25) is 15.1 Å². The Morgan fingerprint density at radius 1 is 1.34 bits per heavy atom. The standard InChI is InChI=1S/C23H26FI2N8O/c1-13(27)15-6-4-8-17(10-15)32-22-31-12-18(23(24,25)26)19(33-22)30-11-16-7-5-9-29-20(16)34(3)21(35)14(2)28/h4-10,12-13,25,28H,11,27H2,1-3H3,(H2,30,31,32,33)/q+1. The van der Waals surface area contributed by atoms with E-state index in [-0.39, 0.29) is 29.8 Å². The van der Waals surface area contributed by atoms with E-state index in [2.05, 4.69) is 25.6 Å². The number of halogens is 3. The minimum Gasteiger partial charge on any atom is -0.365 e. The molecule has 0 aliphatic heterocycles. The molecule has 0 aliphatic carbocycles. The average Bonchev–Trinajstić information content (AvgIpc) is 2.81. The van der Waals surface area contributed by atoms with Crippen molar-refractivity contribution >= 4 is 57.5 Å². The Morgan fingerprint density at radius 3 is 2.74 bits per heavy atom. The van der Waals surface area contributed by atoms with E-state index in [4.69, 9.17) is 11.1 Å². The summed E-state index contributed by atoms with van der Waals surface area (Å²) in [6, 6.07) is 11.0. The SMILES string of the molecule is CC(=N)C(=O)N(C)c1ncccc1CNc1nc(Nc2cccc(C(C)N)c2)ncc1C(F)(I)[IH+]. The number of carbonyl (C=O) groups excluding carboxylic acids is 1. The predicted molar refractivity (Wildman–Crippen MR) is 141 cm³/mol. The molecule has 35 heavy (non-hydrogen) atoms. The summed E-state index contributed by atoms with van der Waals surface area (Å²) in [6.07, 6.45) is 3.01. The summed E-state index contributed by atoms with van der Waals surface area (Å²) in [5.41, 5.74) is 8.56. The highest BCUT2D eigenvalue weighted by Gasteiger charge is 2.38. The smallest absolute Gasteiger partial charge is 0.365 e. The molecular formula is C23H26FI2N8O+. The fourth-order valence-electron chi connectivity index (χ4n) is 3.22. The first-order chi connectivity index (χ1) is 16.5. The Hall–Kier alpha value is -2.46. The zero-order valence-corrected chi connectivity index (χ0v) is 23.8. The van der Waals surface area contributed by atoms with E-state index >= 15 is 0 Å². The van der Waals surface area contributed by atoms with Gasteiger partial charge in [0, 0.05) is 65.9 Å². The molecule has 0 spiro atoms. The van der Waals surface area contributed by atoms with Gasteiger partial charge in [-0.25, -0.2) is 9.97 Å². The molecule has 5 N–H and O–H groups in total. The van der Waals surface area contributed by atoms with Crippen LogP contribution in [0, 0.1) is 5.41 Å². The largest absolute Gasteiger partial charge is 0.374 e. The van der Waals surface area contributed by atoms with E-state index in [1.165, 1.54) is 40.6 Å². The summed E-state index contributed by atoms with van der Waals surface area (Å²) in [4.78, 5) is 26.7. The highest BCUT2D eigenvalue weighted by atomic mass is 127. The van der Waals surface area contributed by atoms with Gasteiger partial charge in [-0.15, -0.1) is 0 Å². The maximum atomic E-state index is 15.0. The van der Waals surface area contributed by atoms with Crippen LogP contribution in [-0.2, 0) is 13.0 Å². The lowest BCUT2D eigenvalue weighted by molar-refractivity contribution is -0.479. The summed E-state index contributed by atoms with van der Waals surface area (Å²) in [7, 11) is 1.56. The maximum absolute atomic E-state index is 15.0. The van der Waals surface area contributed by atoms with Crippen LogP contribution < -0.4 is 43.9 Å². The third kappa shape index (κ3) is 7.04. The highest BCUT2D eigenvalue weighted by molar-refractivity contribution is 14.1. The molecule has 1 amide bonds. The number of nitrogens with zero attached hydrogens (tertiary/aromatic N) is 4. The van der Waals surface area contributed by atoms with Crippen molar-refractivity contribution in [1.82, 2.24) is 15.0 Å². The molecule has 2 unspecified atom stereocenters. The van der Waals surface area contributed by atoms with E-state index in [0.29, 0.717) is 17.2 Å². The zero-order valence-electron chi connectivity index (χ0n) is 19.3. The second-order valence-electron chi connectivity index (χ2n) is 7.84. The topological polar surface area (TPSA) is 133 Å². The molecule has 1 aromatic carbocycles. The van der Waals surface area contributed by atoms with Crippen LogP contribution >= 0.6 is 22.6 Å². The number of hydrogen-bond acceptors (Lipinski definition) is 8. The summed E-state index contributed by atoms with van der Waals surface area (Å²) in [5.74, 6) is 0.534. The van der Waals surface area contributed by atoms with Crippen LogP contribution in [0.25, 0.3) is 0 Å². The Balaban J connectivity index is 1.90. The van der Waals surface area contributed by atoms with E-state index in [1.807, 2.05) is 31.2 Å². The minimum absolute atomic E-state index is 0.0996. The number of benzene rings is 1. The number of pyridine rings is 1. The average molecular weight is 703 g/mol. The Morgan fingerprint density at radius 2 is 2.09 bits per heavy atom. The molecule has 2 aromatic heterocycles. The van der Waals surface area contributed by atoms with Crippen LogP contribution in [0.4, 0.5) is 27.7 Å². The predicted octanol–water partition coefficient (Wildman–Crippen LogP) is 1.05. The summed E-state index contributed by atoms with van der Waals surface area (Å²) in [6.45, 7) is 3.54. The summed E-state index contributed by atoms with van der Waals surface area (Å²) in [5, 5.41) is 13.9. The van der Waals surface area contributed by atoms with E-state index < -0.39 is 7.59 Å².